The molecule has 2 atom stereocenters. The second-order valence-corrected chi connectivity index (χ2v) is 6.84. The number of anilines is 1. The van der Waals surface area contributed by atoms with Crippen LogP contribution in [0.4, 0.5) is 23.7 Å². The van der Waals surface area contributed by atoms with E-state index in [9.17, 15) is 22.8 Å². The molecule has 1 heterocycles. The zero-order valence-electron chi connectivity index (χ0n) is 15.8. The van der Waals surface area contributed by atoms with Gasteiger partial charge in [-0.05, 0) is 30.2 Å². The van der Waals surface area contributed by atoms with E-state index in [1.54, 1.807) is 0 Å². The van der Waals surface area contributed by atoms with Crippen molar-refractivity contribution in [3.05, 3.63) is 59.7 Å². The fourth-order valence-electron chi connectivity index (χ4n) is 3.08. The minimum absolute atomic E-state index is 0.00388. The number of hydrogen-bond acceptors (Lipinski definition) is 4. The van der Waals surface area contributed by atoms with Gasteiger partial charge in [0.1, 0.15) is 11.9 Å². The summed E-state index contributed by atoms with van der Waals surface area (Å²) in [6.45, 7) is 1.92. The van der Waals surface area contributed by atoms with Crippen molar-refractivity contribution < 1.29 is 27.5 Å². The fourth-order valence-corrected chi connectivity index (χ4v) is 3.08. The van der Waals surface area contributed by atoms with Crippen LogP contribution in [-0.4, -0.2) is 42.6 Å². The maximum absolute atomic E-state index is 12.4. The number of likely N-dealkylation sites (N-methyl/N-ethyl adjacent to an activating group) is 1. The molecule has 2 aromatic rings. The van der Waals surface area contributed by atoms with Gasteiger partial charge in [0.15, 0.2) is 0 Å². The Hall–Kier alpha value is -3.23. The van der Waals surface area contributed by atoms with Gasteiger partial charge in [-0.1, -0.05) is 36.4 Å². The van der Waals surface area contributed by atoms with E-state index in [1.165, 1.54) is 12.4 Å². The van der Waals surface area contributed by atoms with Gasteiger partial charge in [-0.2, -0.15) is 13.2 Å². The van der Waals surface area contributed by atoms with Gasteiger partial charge in [-0.3, -0.25) is 10.1 Å². The van der Waals surface area contributed by atoms with Gasteiger partial charge in [-0.15, -0.1) is 0 Å². The minimum Gasteiger partial charge on any atom is -0.481 e. The van der Waals surface area contributed by atoms with Crippen molar-refractivity contribution in [2.24, 2.45) is 0 Å². The molecule has 6 nitrogen and oxygen atoms in total. The lowest BCUT2D eigenvalue weighted by molar-refractivity contribution is -0.172. The molecule has 0 fully saturated rings. The number of imide groups is 1. The maximum atomic E-state index is 12.4. The van der Waals surface area contributed by atoms with Crippen LogP contribution in [0.1, 0.15) is 17.2 Å². The summed E-state index contributed by atoms with van der Waals surface area (Å²) in [6.07, 6.45) is -5.62. The van der Waals surface area contributed by atoms with Crippen LogP contribution in [0.15, 0.2) is 48.5 Å². The van der Waals surface area contributed by atoms with Crippen molar-refractivity contribution >= 4 is 17.6 Å². The van der Waals surface area contributed by atoms with E-state index in [0.717, 1.165) is 21.7 Å². The van der Waals surface area contributed by atoms with Crippen molar-refractivity contribution in [1.29, 1.82) is 0 Å². The van der Waals surface area contributed by atoms with Gasteiger partial charge < -0.3 is 15.0 Å². The second-order valence-electron chi connectivity index (χ2n) is 6.84. The molecule has 2 aromatic carbocycles. The molecule has 0 aromatic heterocycles. The second kappa shape index (κ2) is 8.02. The van der Waals surface area contributed by atoms with Gasteiger partial charge in [-0.25, -0.2) is 4.79 Å². The summed E-state index contributed by atoms with van der Waals surface area (Å²) in [5, 5.41) is 4.65. The summed E-state index contributed by atoms with van der Waals surface area (Å²) in [7, 11) is 1.31. The van der Waals surface area contributed by atoms with Crippen LogP contribution in [-0.2, 0) is 4.79 Å². The average molecular weight is 407 g/mol. The van der Waals surface area contributed by atoms with Crippen LogP contribution in [0.5, 0.6) is 5.75 Å². The van der Waals surface area contributed by atoms with Gasteiger partial charge in [0.25, 0.3) is 0 Å². The van der Waals surface area contributed by atoms with E-state index in [0.29, 0.717) is 5.75 Å². The lowest BCUT2D eigenvalue weighted by atomic mass is 9.99. The summed E-state index contributed by atoms with van der Waals surface area (Å²) in [5.41, 5.74) is 2.57. The number of carbonyl (C=O) groups is 2. The van der Waals surface area contributed by atoms with Gasteiger partial charge in [0, 0.05) is 13.6 Å². The molecule has 2 unspecified atom stereocenters. The molecule has 0 bridgehead atoms. The number of alkyl halides is 3. The van der Waals surface area contributed by atoms with Crippen molar-refractivity contribution in [3.8, 4) is 5.75 Å². The highest BCUT2D eigenvalue weighted by Gasteiger charge is 2.40. The first-order valence-electron chi connectivity index (χ1n) is 8.87. The largest absolute Gasteiger partial charge is 0.481 e. The normalized spacial score (nSPS) is 18.1. The molecular weight excluding hydrogens is 387 g/mol. The summed E-state index contributed by atoms with van der Waals surface area (Å²) in [6, 6.07) is 13.3. The van der Waals surface area contributed by atoms with Crippen LogP contribution in [0.25, 0.3) is 0 Å². The molecule has 0 saturated carbocycles. The molecule has 2 N–H and O–H groups in total. The van der Waals surface area contributed by atoms with E-state index in [-0.39, 0.29) is 6.54 Å². The first-order chi connectivity index (χ1) is 13.6. The van der Waals surface area contributed by atoms with Crippen LogP contribution in [0.2, 0.25) is 0 Å². The highest BCUT2D eigenvalue weighted by molar-refractivity contribution is 5.97. The first-order valence-corrected chi connectivity index (χ1v) is 8.87. The molecule has 0 spiro atoms. The van der Waals surface area contributed by atoms with E-state index >= 15 is 0 Å². The molecule has 3 amide bonds. The van der Waals surface area contributed by atoms with Crippen LogP contribution >= 0.6 is 0 Å². The Bertz CT molecular complexity index is 903. The smallest absolute Gasteiger partial charge is 0.471 e. The molecule has 0 radical (unpaired) electrons. The van der Waals surface area contributed by atoms with Crippen molar-refractivity contribution in [3.63, 3.8) is 0 Å². The lowest BCUT2D eigenvalue weighted by Crippen LogP contribution is -2.50. The summed E-state index contributed by atoms with van der Waals surface area (Å²) < 4.78 is 43.3. The number of nitrogens with one attached hydrogen (secondary N) is 2. The van der Waals surface area contributed by atoms with E-state index in [1.807, 2.05) is 55.5 Å². The standard InChI is InChI=1S/C20H20F3N3O3/c1-12-8-9-16-14(10-12)24-15(17(29-16)13-6-4-3-5-7-13)11-26(2)19(28)25-18(27)20(21,22)23/h3-10,15,17,24H,11H2,1-2H3,(H,25,27,28). The molecule has 1 aliphatic rings. The number of halogens is 3. The number of benzene rings is 2. The Kier molecular flexibility index (Phi) is 5.67. The van der Waals surface area contributed by atoms with E-state index in [2.05, 4.69) is 5.32 Å². The highest BCUT2D eigenvalue weighted by atomic mass is 19.4. The number of aryl methyl sites for hydroxylation is 1. The van der Waals surface area contributed by atoms with E-state index in [4.69, 9.17) is 4.74 Å². The SMILES string of the molecule is Cc1ccc2c(c1)NC(CN(C)C(=O)NC(=O)C(F)(F)F)C(c1ccccc1)O2. The third-order valence-corrected chi connectivity index (χ3v) is 4.52. The molecule has 9 heteroatoms. The zero-order valence-corrected chi connectivity index (χ0v) is 15.8. The summed E-state index contributed by atoms with van der Waals surface area (Å²) in [5.74, 6) is -1.66. The van der Waals surface area contributed by atoms with Crippen molar-refractivity contribution in [2.45, 2.75) is 25.2 Å². The van der Waals surface area contributed by atoms with Gasteiger partial charge in [0.05, 0.1) is 11.7 Å². The lowest BCUT2D eigenvalue weighted by Gasteiger charge is -2.37. The van der Waals surface area contributed by atoms with Crippen LogP contribution < -0.4 is 15.4 Å². The Morgan fingerprint density at radius 1 is 1.17 bits per heavy atom. The molecule has 1 aliphatic heterocycles. The maximum Gasteiger partial charge on any atom is 0.471 e. The quantitative estimate of drug-likeness (QED) is 0.815. The third-order valence-electron chi connectivity index (χ3n) is 4.52. The molecule has 29 heavy (non-hydrogen) atoms. The number of hydrogen-bond donors (Lipinski definition) is 2. The number of rotatable bonds is 3. The van der Waals surface area contributed by atoms with Crippen LogP contribution in [0, 0.1) is 6.92 Å². The number of carbonyl (C=O) groups excluding carboxylic acids is 2. The Balaban J connectivity index is 1.80. The van der Waals surface area contributed by atoms with Gasteiger partial charge >= 0.3 is 18.1 Å². The predicted molar refractivity (Wildman–Crippen MR) is 101 cm³/mol. The average Bonchev–Trinajstić information content (AvgIpc) is 2.67. The first kappa shape index (κ1) is 20.5. The van der Waals surface area contributed by atoms with Crippen molar-refractivity contribution in [1.82, 2.24) is 10.2 Å². The summed E-state index contributed by atoms with van der Waals surface area (Å²) in [4.78, 5) is 24.1. The minimum atomic E-state index is -5.13. The zero-order chi connectivity index (χ0) is 21.2. The predicted octanol–water partition coefficient (Wildman–Crippen LogP) is 3.64. The summed E-state index contributed by atoms with van der Waals surface area (Å²) >= 11 is 0. The monoisotopic (exact) mass is 407 g/mol. The number of urea groups is 1. The fraction of sp³-hybridized carbons (Fsp3) is 0.300. The number of nitrogens with zero attached hydrogens (tertiary/aromatic N) is 1. The van der Waals surface area contributed by atoms with Gasteiger partial charge in [0.2, 0.25) is 0 Å². The topological polar surface area (TPSA) is 70.7 Å². The number of amides is 3. The van der Waals surface area contributed by atoms with E-state index < -0.39 is 30.3 Å². The Morgan fingerprint density at radius 3 is 2.52 bits per heavy atom. The molecular formula is C20H20F3N3O3. The molecule has 3 rings (SSSR count). The highest BCUT2D eigenvalue weighted by Crippen LogP contribution is 2.38. The molecule has 0 saturated heterocycles. The molecule has 0 aliphatic carbocycles. The third kappa shape index (κ3) is 4.79. The molecule has 154 valence electrons. The Morgan fingerprint density at radius 2 is 1.86 bits per heavy atom. The van der Waals surface area contributed by atoms with Crippen LogP contribution in [0.3, 0.4) is 0 Å². The van der Waals surface area contributed by atoms with Crippen molar-refractivity contribution in [2.75, 3.05) is 18.9 Å². The number of fused-ring (bicyclic) bond motifs is 1. The number of ether oxygens (including phenoxy) is 1. The Labute approximate surface area is 165 Å².